The van der Waals surface area contributed by atoms with E-state index in [2.05, 4.69) is 5.32 Å². The lowest BCUT2D eigenvalue weighted by Crippen LogP contribution is -2.31. The number of benzene rings is 2. The highest BCUT2D eigenvalue weighted by molar-refractivity contribution is 6.31. The predicted octanol–water partition coefficient (Wildman–Crippen LogP) is 3.49. The molecule has 3 amide bonds. The molecule has 3 rings (SSSR count). The molecule has 1 saturated heterocycles. The van der Waals surface area contributed by atoms with Crippen molar-refractivity contribution in [2.24, 2.45) is 0 Å². The normalized spacial score (nSPS) is 14.7. The summed E-state index contributed by atoms with van der Waals surface area (Å²) in [5.41, 5.74) is 1.67. The van der Waals surface area contributed by atoms with Crippen LogP contribution in [0.2, 0.25) is 5.02 Å². The van der Waals surface area contributed by atoms with Crippen LogP contribution in [0.4, 0.5) is 11.4 Å². The first-order chi connectivity index (χ1) is 13.8. The molecular weight excluding hydrogens is 396 g/mol. The highest BCUT2D eigenvalue weighted by Crippen LogP contribution is 2.25. The molecule has 1 atom stereocenters. The number of nitrogens with zero attached hydrogens (tertiary/aromatic N) is 1. The fourth-order valence-electron chi connectivity index (χ4n) is 2.90. The zero-order valence-corrected chi connectivity index (χ0v) is 16.7. The van der Waals surface area contributed by atoms with E-state index in [-0.39, 0.29) is 30.2 Å². The number of hydrogen-bond donors (Lipinski definition) is 1. The topological polar surface area (TPSA) is 92.8 Å². The number of nitrogens with one attached hydrogen (secondary N) is 1. The fourth-order valence-corrected chi connectivity index (χ4v) is 3.07. The van der Waals surface area contributed by atoms with Gasteiger partial charge >= 0.3 is 5.97 Å². The molecule has 0 saturated carbocycles. The van der Waals surface area contributed by atoms with Crippen molar-refractivity contribution in [2.45, 2.75) is 32.8 Å². The van der Waals surface area contributed by atoms with Gasteiger partial charge in [-0.3, -0.25) is 19.3 Å². The third-order valence-corrected chi connectivity index (χ3v) is 4.98. The van der Waals surface area contributed by atoms with E-state index in [0.29, 0.717) is 22.0 Å². The van der Waals surface area contributed by atoms with Gasteiger partial charge in [0.2, 0.25) is 11.8 Å². The van der Waals surface area contributed by atoms with E-state index >= 15 is 0 Å². The average Bonchev–Trinajstić information content (AvgIpc) is 3.03. The lowest BCUT2D eigenvalue weighted by atomic mass is 10.2. The average molecular weight is 415 g/mol. The van der Waals surface area contributed by atoms with Crippen molar-refractivity contribution in [1.82, 2.24) is 0 Å². The lowest BCUT2D eigenvalue weighted by Gasteiger charge is -2.17. The van der Waals surface area contributed by atoms with Crippen molar-refractivity contribution < 1.29 is 23.9 Å². The molecule has 7 nitrogen and oxygen atoms in total. The van der Waals surface area contributed by atoms with E-state index in [0.717, 1.165) is 4.90 Å². The molecule has 0 aromatic heterocycles. The minimum Gasteiger partial charge on any atom is -0.449 e. The molecule has 1 heterocycles. The maximum atomic E-state index is 12.5. The van der Waals surface area contributed by atoms with Crippen LogP contribution in [0.25, 0.3) is 0 Å². The van der Waals surface area contributed by atoms with Gasteiger partial charge in [-0.25, -0.2) is 4.79 Å². The third kappa shape index (κ3) is 4.46. The Morgan fingerprint density at radius 1 is 1.10 bits per heavy atom. The maximum Gasteiger partial charge on any atom is 0.338 e. The van der Waals surface area contributed by atoms with Crippen LogP contribution in [-0.4, -0.2) is 29.8 Å². The van der Waals surface area contributed by atoms with Gasteiger partial charge in [0.1, 0.15) is 0 Å². The summed E-state index contributed by atoms with van der Waals surface area (Å²) in [6, 6.07) is 11.1. The first-order valence-electron chi connectivity index (χ1n) is 9.00. The van der Waals surface area contributed by atoms with Crippen molar-refractivity contribution in [1.29, 1.82) is 0 Å². The van der Waals surface area contributed by atoms with E-state index in [1.807, 2.05) is 0 Å². The molecule has 2 aromatic rings. The Morgan fingerprint density at radius 2 is 1.76 bits per heavy atom. The molecule has 29 heavy (non-hydrogen) atoms. The van der Waals surface area contributed by atoms with E-state index in [4.69, 9.17) is 16.3 Å². The fraction of sp³-hybridized carbons (Fsp3) is 0.238. The van der Waals surface area contributed by atoms with Gasteiger partial charge in [0.25, 0.3) is 5.91 Å². The zero-order chi connectivity index (χ0) is 21.1. The standard InChI is InChI=1S/C21H19ClN2O5/c1-12-16(22)7-4-8-17(12)23-20(27)13(2)29-21(28)14-5-3-6-15(11-14)24-18(25)9-10-19(24)26/h3-8,11,13H,9-10H2,1-2H3,(H,23,27)/t13-/m0/s1. The van der Waals surface area contributed by atoms with Gasteiger partial charge in [-0.15, -0.1) is 0 Å². The van der Waals surface area contributed by atoms with Crippen molar-refractivity contribution in [3.8, 4) is 0 Å². The number of halogens is 1. The number of imide groups is 1. The van der Waals surface area contributed by atoms with Gasteiger partial charge in [-0.2, -0.15) is 0 Å². The Kier molecular flexibility index (Phi) is 5.98. The molecule has 2 aromatic carbocycles. The second-order valence-corrected chi connectivity index (χ2v) is 7.03. The molecule has 8 heteroatoms. The predicted molar refractivity (Wildman–Crippen MR) is 108 cm³/mol. The summed E-state index contributed by atoms with van der Waals surface area (Å²) >= 11 is 6.04. The Bertz CT molecular complexity index is 988. The Morgan fingerprint density at radius 3 is 2.45 bits per heavy atom. The quantitative estimate of drug-likeness (QED) is 0.597. The number of esters is 1. The van der Waals surface area contributed by atoms with E-state index < -0.39 is 18.0 Å². The maximum absolute atomic E-state index is 12.5. The second-order valence-electron chi connectivity index (χ2n) is 6.62. The molecule has 150 valence electrons. The molecule has 1 aliphatic heterocycles. The van der Waals surface area contributed by atoms with Crippen LogP contribution in [0, 0.1) is 6.92 Å². The van der Waals surface area contributed by atoms with Crippen molar-refractivity contribution >= 4 is 46.7 Å². The summed E-state index contributed by atoms with van der Waals surface area (Å²) in [6.07, 6.45) is -0.777. The minimum atomic E-state index is -1.07. The smallest absolute Gasteiger partial charge is 0.338 e. The highest BCUT2D eigenvalue weighted by atomic mass is 35.5. The highest BCUT2D eigenvalue weighted by Gasteiger charge is 2.30. The summed E-state index contributed by atoms with van der Waals surface area (Å²) in [7, 11) is 0. The van der Waals surface area contributed by atoms with Crippen LogP contribution in [-0.2, 0) is 19.1 Å². The molecule has 1 aliphatic rings. The van der Waals surface area contributed by atoms with Crippen LogP contribution in [0.5, 0.6) is 0 Å². The molecule has 1 N–H and O–H groups in total. The van der Waals surface area contributed by atoms with Gasteiger partial charge in [-0.05, 0) is 49.7 Å². The molecule has 0 radical (unpaired) electrons. The van der Waals surface area contributed by atoms with Crippen LogP contribution >= 0.6 is 11.6 Å². The van der Waals surface area contributed by atoms with Gasteiger partial charge < -0.3 is 10.1 Å². The number of hydrogen-bond acceptors (Lipinski definition) is 5. The van der Waals surface area contributed by atoms with Crippen molar-refractivity contribution in [2.75, 3.05) is 10.2 Å². The number of rotatable bonds is 5. The van der Waals surface area contributed by atoms with E-state index in [9.17, 15) is 19.2 Å². The first-order valence-corrected chi connectivity index (χ1v) is 9.38. The van der Waals surface area contributed by atoms with Gasteiger partial charge in [0.15, 0.2) is 6.10 Å². The molecule has 0 bridgehead atoms. The third-order valence-electron chi connectivity index (χ3n) is 4.57. The van der Waals surface area contributed by atoms with Crippen molar-refractivity contribution in [3.63, 3.8) is 0 Å². The SMILES string of the molecule is Cc1c(Cl)cccc1NC(=O)[C@H](C)OC(=O)c1cccc(N2C(=O)CCC2=O)c1. The Balaban J connectivity index is 1.69. The molecule has 0 aliphatic carbocycles. The number of carbonyl (C=O) groups is 4. The molecule has 1 fully saturated rings. The Hall–Kier alpha value is -3.19. The minimum absolute atomic E-state index is 0.133. The Labute approximate surface area is 172 Å². The summed E-state index contributed by atoms with van der Waals surface area (Å²) in [5.74, 6) is -1.88. The summed E-state index contributed by atoms with van der Waals surface area (Å²) in [6.45, 7) is 3.21. The number of carbonyl (C=O) groups excluding carboxylic acids is 4. The number of anilines is 2. The van der Waals surface area contributed by atoms with Crippen molar-refractivity contribution in [3.05, 3.63) is 58.6 Å². The monoisotopic (exact) mass is 414 g/mol. The first kappa shape index (κ1) is 20.5. The van der Waals surface area contributed by atoms with Crippen LogP contribution in [0.3, 0.4) is 0 Å². The van der Waals surface area contributed by atoms with Crippen LogP contribution in [0.15, 0.2) is 42.5 Å². The van der Waals surface area contributed by atoms with Gasteiger partial charge in [-0.1, -0.05) is 23.7 Å². The lowest BCUT2D eigenvalue weighted by molar-refractivity contribution is -0.124. The molecule has 0 unspecified atom stereocenters. The number of amides is 3. The largest absolute Gasteiger partial charge is 0.449 e. The van der Waals surface area contributed by atoms with Crippen LogP contribution < -0.4 is 10.2 Å². The van der Waals surface area contributed by atoms with E-state index in [1.54, 1.807) is 37.3 Å². The van der Waals surface area contributed by atoms with E-state index in [1.165, 1.54) is 19.1 Å². The second kappa shape index (κ2) is 8.45. The van der Waals surface area contributed by atoms with Gasteiger partial charge in [0.05, 0.1) is 11.3 Å². The summed E-state index contributed by atoms with van der Waals surface area (Å²) in [4.78, 5) is 49.6. The van der Waals surface area contributed by atoms with Crippen LogP contribution in [0.1, 0.15) is 35.7 Å². The molecular formula is C21H19ClN2O5. The zero-order valence-electron chi connectivity index (χ0n) is 15.9. The summed E-state index contributed by atoms with van der Waals surface area (Å²) in [5, 5.41) is 3.19. The summed E-state index contributed by atoms with van der Waals surface area (Å²) < 4.78 is 5.24. The van der Waals surface area contributed by atoms with Gasteiger partial charge in [0, 0.05) is 23.6 Å². The number of ether oxygens (including phenoxy) is 1. The molecule has 0 spiro atoms.